The Morgan fingerprint density at radius 1 is 0.659 bits per heavy atom. The van der Waals surface area contributed by atoms with Crippen LogP contribution in [-0.4, -0.2) is 6.36 Å². The van der Waals surface area contributed by atoms with E-state index in [0.29, 0.717) is 30.5 Å². The third kappa shape index (κ3) is 7.81. The molecular weight excluding hydrogens is 602 g/mol. The predicted molar refractivity (Wildman–Crippen MR) is 146 cm³/mol. The van der Waals surface area contributed by atoms with Gasteiger partial charge in [-0.25, -0.2) is 30.7 Å². The zero-order valence-corrected chi connectivity index (χ0v) is 23.1. The van der Waals surface area contributed by atoms with Gasteiger partial charge in [-0.2, -0.15) is 0 Å². The Labute approximate surface area is 246 Å². The SMILES string of the molecule is CCCCC(F)=C(F)c1ccc(-c2cc(F)c(CCc3ccc(-c4cc(F)c(OC(F)(F)F)c(F)c4)c(F)c3)c(F)c2)cc1. The van der Waals surface area contributed by atoms with Crippen molar-refractivity contribution in [2.24, 2.45) is 0 Å². The molecular formula is C33H24F10O. The van der Waals surface area contributed by atoms with Gasteiger partial charge in [0.05, 0.1) is 0 Å². The van der Waals surface area contributed by atoms with Gasteiger partial charge in [0.15, 0.2) is 17.5 Å². The third-order valence-corrected chi connectivity index (χ3v) is 6.82. The maximum absolute atomic E-state index is 14.9. The van der Waals surface area contributed by atoms with Gasteiger partial charge >= 0.3 is 6.36 Å². The molecule has 0 radical (unpaired) electrons. The van der Waals surface area contributed by atoms with Gasteiger partial charge in [-0.1, -0.05) is 49.7 Å². The fourth-order valence-corrected chi connectivity index (χ4v) is 4.56. The normalized spacial score (nSPS) is 12.3. The molecule has 0 atom stereocenters. The van der Waals surface area contributed by atoms with E-state index in [1.165, 1.54) is 30.3 Å². The van der Waals surface area contributed by atoms with E-state index in [1.54, 1.807) is 0 Å². The molecule has 0 saturated carbocycles. The first-order valence-electron chi connectivity index (χ1n) is 13.4. The predicted octanol–water partition coefficient (Wildman–Crippen LogP) is 11.2. The summed E-state index contributed by atoms with van der Waals surface area (Å²) in [5, 5.41) is 0. The molecule has 4 aromatic rings. The van der Waals surface area contributed by atoms with Crippen LogP contribution in [0.2, 0.25) is 0 Å². The highest BCUT2D eigenvalue weighted by molar-refractivity contribution is 5.69. The van der Waals surface area contributed by atoms with Crippen molar-refractivity contribution >= 4 is 5.83 Å². The molecule has 0 amide bonds. The van der Waals surface area contributed by atoms with Crippen LogP contribution in [0, 0.1) is 29.1 Å². The molecule has 0 aliphatic carbocycles. The van der Waals surface area contributed by atoms with Crippen molar-refractivity contribution in [2.45, 2.75) is 45.4 Å². The van der Waals surface area contributed by atoms with Crippen LogP contribution in [0.1, 0.15) is 42.9 Å². The minimum atomic E-state index is -5.34. The average Bonchev–Trinajstić information content (AvgIpc) is 2.96. The fraction of sp³-hybridized carbons (Fsp3) is 0.212. The van der Waals surface area contributed by atoms with Gasteiger partial charge in [0, 0.05) is 23.1 Å². The van der Waals surface area contributed by atoms with E-state index in [2.05, 4.69) is 4.74 Å². The summed E-state index contributed by atoms with van der Waals surface area (Å²) in [5.41, 5.74) is -0.191. The van der Waals surface area contributed by atoms with Crippen LogP contribution in [0.3, 0.4) is 0 Å². The summed E-state index contributed by atoms with van der Waals surface area (Å²) in [6, 6.07) is 12.1. The number of unbranched alkanes of at least 4 members (excludes halogenated alkanes) is 1. The number of allylic oxidation sites excluding steroid dienone is 1. The largest absolute Gasteiger partial charge is 0.573 e. The number of halogens is 10. The molecule has 4 aromatic carbocycles. The summed E-state index contributed by atoms with van der Waals surface area (Å²) in [4.78, 5) is 0. The highest BCUT2D eigenvalue weighted by atomic mass is 19.4. The number of alkyl halides is 3. The summed E-state index contributed by atoms with van der Waals surface area (Å²) >= 11 is 0. The Hall–Kier alpha value is -4.28. The lowest BCUT2D eigenvalue weighted by molar-refractivity contribution is -0.276. The van der Waals surface area contributed by atoms with Crippen LogP contribution in [0.4, 0.5) is 43.9 Å². The number of benzene rings is 4. The Bertz CT molecular complexity index is 1630. The third-order valence-electron chi connectivity index (χ3n) is 6.82. The quantitative estimate of drug-likeness (QED) is 0.159. The van der Waals surface area contributed by atoms with E-state index in [-0.39, 0.29) is 52.6 Å². The highest BCUT2D eigenvalue weighted by Crippen LogP contribution is 2.34. The van der Waals surface area contributed by atoms with Crippen LogP contribution in [0.5, 0.6) is 5.75 Å². The topological polar surface area (TPSA) is 9.23 Å². The molecule has 0 heterocycles. The van der Waals surface area contributed by atoms with Crippen molar-refractivity contribution in [3.63, 3.8) is 0 Å². The average molecular weight is 627 g/mol. The first-order valence-corrected chi connectivity index (χ1v) is 13.4. The molecule has 0 N–H and O–H groups in total. The molecule has 0 saturated heterocycles. The monoisotopic (exact) mass is 626 g/mol. The minimum Gasteiger partial charge on any atom is -0.399 e. The first kappa shape index (κ1) is 32.6. The molecule has 0 bridgehead atoms. The summed E-state index contributed by atoms with van der Waals surface area (Å²) in [5.74, 6) is -9.65. The van der Waals surface area contributed by atoms with Gasteiger partial charge in [-0.05, 0) is 71.8 Å². The second-order valence-corrected chi connectivity index (χ2v) is 9.95. The van der Waals surface area contributed by atoms with Gasteiger partial charge < -0.3 is 4.74 Å². The molecule has 0 aliphatic rings. The fourth-order valence-electron chi connectivity index (χ4n) is 4.56. The molecule has 0 aromatic heterocycles. The molecule has 11 heteroatoms. The second kappa shape index (κ2) is 13.6. The molecule has 232 valence electrons. The number of rotatable bonds is 10. The Balaban J connectivity index is 1.48. The van der Waals surface area contributed by atoms with Gasteiger partial charge in [0.1, 0.15) is 23.3 Å². The van der Waals surface area contributed by atoms with E-state index in [4.69, 9.17) is 0 Å². The van der Waals surface area contributed by atoms with Crippen molar-refractivity contribution in [1.29, 1.82) is 0 Å². The van der Waals surface area contributed by atoms with E-state index in [9.17, 15) is 43.9 Å². The number of aryl methyl sites for hydroxylation is 1. The molecule has 0 spiro atoms. The molecule has 4 rings (SSSR count). The van der Waals surface area contributed by atoms with Crippen molar-refractivity contribution in [3.05, 3.63) is 118 Å². The summed E-state index contributed by atoms with van der Waals surface area (Å²) in [7, 11) is 0. The van der Waals surface area contributed by atoms with Crippen LogP contribution in [0.15, 0.2) is 72.6 Å². The molecule has 0 fully saturated rings. The summed E-state index contributed by atoms with van der Waals surface area (Å²) in [6.45, 7) is 1.85. The molecule has 0 unspecified atom stereocenters. The zero-order valence-electron chi connectivity index (χ0n) is 23.1. The lowest BCUT2D eigenvalue weighted by Gasteiger charge is -2.13. The Morgan fingerprint density at radius 3 is 1.80 bits per heavy atom. The van der Waals surface area contributed by atoms with Crippen molar-refractivity contribution in [2.75, 3.05) is 0 Å². The summed E-state index contributed by atoms with van der Waals surface area (Å²) in [6.07, 6.45) is -4.39. The second-order valence-electron chi connectivity index (χ2n) is 9.95. The zero-order chi connectivity index (χ0) is 32.2. The number of hydrogen-bond acceptors (Lipinski definition) is 1. The van der Waals surface area contributed by atoms with Crippen LogP contribution < -0.4 is 4.74 Å². The maximum Gasteiger partial charge on any atom is 0.573 e. The first-order chi connectivity index (χ1) is 20.8. The standard InChI is InChI=1S/C33H24F10O/c1-2-3-4-25(34)31(40)20-9-7-19(8-10-20)21-14-27(36)24(28(37)15-21)12-6-18-5-11-23(26(35)13-18)22-16-29(38)32(30(39)17-22)44-33(41,42)43/h5,7-11,13-17H,2-4,6,12H2,1H3. The molecule has 44 heavy (non-hydrogen) atoms. The van der Waals surface area contributed by atoms with Gasteiger partial charge in [-0.15, -0.1) is 13.2 Å². The highest BCUT2D eigenvalue weighted by Gasteiger charge is 2.34. The van der Waals surface area contributed by atoms with Crippen LogP contribution in [-0.2, 0) is 12.8 Å². The minimum absolute atomic E-state index is 0.000854. The van der Waals surface area contributed by atoms with E-state index in [0.717, 1.165) is 24.3 Å². The van der Waals surface area contributed by atoms with Crippen molar-refractivity contribution < 1.29 is 48.6 Å². The van der Waals surface area contributed by atoms with Gasteiger partial charge in [0.2, 0.25) is 5.75 Å². The molecule has 1 nitrogen and oxygen atoms in total. The van der Waals surface area contributed by atoms with Gasteiger partial charge in [0.25, 0.3) is 0 Å². The van der Waals surface area contributed by atoms with E-state index >= 15 is 0 Å². The van der Waals surface area contributed by atoms with Crippen molar-refractivity contribution in [3.8, 4) is 28.0 Å². The van der Waals surface area contributed by atoms with E-state index < -0.39 is 52.9 Å². The van der Waals surface area contributed by atoms with E-state index in [1.807, 2.05) is 6.92 Å². The summed E-state index contributed by atoms with van der Waals surface area (Å²) < 4.78 is 142. The maximum atomic E-state index is 14.9. The van der Waals surface area contributed by atoms with Crippen molar-refractivity contribution in [1.82, 2.24) is 0 Å². The lowest BCUT2D eigenvalue weighted by Crippen LogP contribution is -2.19. The molecule has 0 aliphatic heterocycles. The lowest BCUT2D eigenvalue weighted by atomic mass is 9.97. The number of ether oxygens (including phenoxy) is 1. The van der Waals surface area contributed by atoms with Crippen LogP contribution in [0.25, 0.3) is 28.1 Å². The number of hydrogen-bond donors (Lipinski definition) is 0. The Morgan fingerprint density at radius 2 is 1.25 bits per heavy atom. The Kier molecular flexibility index (Phi) is 10.1. The van der Waals surface area contributed by atoms with Gasteiger partial charge in [-0.3, -0.25) is 0 Å². The smallest absolute Gasteiger partial charge is 0.399 e. The van der Waals surface area contributed by atoms with Crippen LogP contribution >= 0.6 is 0 Å².